The van der Waals surface area contributed by atoms with E-state index in [9.17, 15) is 9.59 Å². The van der Waals surface area contributed by atoms with Crippen LogP contribution in [0.4, 0.5) is 5.69 Å². The van der Waals surface area contributed by atoms with Crippen molar-refractivity contribution in [1.82, 2.24) is 10.3 Å². The van der Waals surface area contributed by atoms with Gasteiger partial charge < -0.3 is 9.80 Å². The third-order valence-electron chi connectivity index (χ3n) is 5.60. The van der Waals surface area contributed by atoms with Crippen molar-refractivity contribution in [1.29, 1.82) is 0 Å². The van der Waals surface area contributed by atoms with Crippen molar-refractivity contribution in [3.63, 3.8) is 0 Å². The highest BCUT2D eigenvalue weighted by Crippen LogP contribution is 2.22. The molecule has 6 heteroatoms. The largest absolute Gasteiger partial charge is 0.328 e. The van der Waals surface area contributed by atoms with E-state index in [0.29, 0.717) is 5.70 Å². The Bertz CT molecular complexity index is 917. The summed E-state index contributed by atoms with van der Waals surface area (Å²) in [6, 6.07) is 18.1. The monoisotopic (exact) mass is 391 g/mol. The number of hydrogen-bond donors (Lipinski definition) is 2. The lowest BCUT2D eigenvalue weighted by Crippen LogP contribution is -3.13. The van der Waals surface area contributed by atoms with Crippen LogP contribution in [0.15, 0.2) is 66.4 Å². The minimum absolute atomic E-state index is 0.0326. The summed E-state index contributed by atoms with van der Waals surface area (Å²) in [7, 11) is 0. The first-order chi connectivity index (χ1) is 14.1. The number of piperazine rings is 1. The Morgan fingerprint density at radius 3 is 2.45 bits per heavy atom. The zero-order valence-electron chi connectivity index (χ0n) is 16.7. The third kappa shape index (κ3) is 4.32. The molecule has 0 saturated carbocycles. The normalized spacial score (nSPS) is 17.7. The third-order valence-corrected chi connectivity index (χ3v) is 5.60. The zero-order valence-corrected chi connectivity index (χ0v) is 16.7. The molecule has 1 saturated heterocycles. The van der Waals surface area contributed by atoms with Crippen molar-refractivity contribution in [2.75, 3.05) is 31.2 Å². The van der Waals surface area contributed by atoms with Gasteiger partial charge in [0.05, 0.1) is 31.9 Å². The Kier molecular flexibility index (Phi) is 5.62. The fourth-order valence-electron chi connectivity index (χ4n) is 3.91. The van der Waals surface area contributed by atoms with Crippen molar-refractivity contribution in [2.24, 2.45) is 0 Å². The summed E-state index contributed by atoms with van der Waals surface area (Å²) < 4.78 is 0. The molecule has 2 amide bonds. The Morgan fingerprint density at radius 1 is 1.03 bits per heavy atom. The van der Waals surface area contributed by atoms with Crippen LogP contribution in [0.25, 0.3) is 0 Å². The average molecular weight is 391 g/mol. The van der Waals surface area contributed by atoms with Gasteiger partial charge in [0, 0.05) is 12.0 Å². The zero-order chi connectivity index (χ0) is 20.2. The van der Waals surface area contributed by atoms with E-state index in [-0.39, 0.29) is 18.2 Å². The number of rotatable bonds is 4. The standard InChI is InChI=1S/C23H26N4O2/c1-18-7-5-6-10-21(18)27-22(28)12-11-20(24-27)23(29)26-15-13-25(14-16-26)17-19-8-3-2-4-9-19/h2-11,24H,12-17H2,1H3/p+1. The number of nitrogens with one attached hydrogen (secondary N) is 2. The predicted molar refractivity (Wildman–Crippen MR) is 112 cm³/mol. The van der Waals surface area contributed by atoms with Gasteiger partial charge in [0.25, 0.3) is 5.91 Å². The fraction of sp³-hybridized carbons (Fsp3) is 0.304. The summed E-state index contributed by atoms with van der Waals surface area (Å²) in [4.78, 5) is 28.8. The highest BCUT2D eigenvalue weighted by molar-refractivity contribution is 6.01. The molecular formula is C23H27N4O2+. The fourth-order valence-corrected chi connectivity index (χ4v) is 3.91. The van der Waals surface area contributed by atoms with Gasteiger partial charge in [-0.15, -0.1) is 0 Å². The van der Waals surface area contributed by atoms with Crippen molar-refractivity contribution in [3.8, 4) is 0 Å². The van der Waals surface area contributed by atoms with Crippen LogP contribution in [-0.2, 0) is 16.1 Å². The molecule has 0 aliphatic carbocycles. The lowest BCUT2D eigenvalue weighted by atomic mass is 10.1. The van der Waals surface area contributed by atoms with Crippen molar-refractivity contribution in [2.45, 2.75) is 19.9 Å². The maximum atomic E-state index is 13.0. The van der Waals surface area contributed by atoms with Gasteiger partial charge in [-0.05, 0) is 24.6 Å². The molecule has 2 N–H and O–H groups in total. The number of carbonyl (C=O) groups excluding carboxylic acids is 2. The van der Waals surface area contributed by atoms with Gasteiger partial charge in [-0.3, -0.25) is 15.0 Å². The van der Waals surface area contributed by atoms with E-state index in [1.54, 1.807) is 6.08 Å². The van der Waals surface area contributed by atoms with Crippen LogP contribution >= 0.6 is 0 Å². The molecule has 2 aliphatic heterocycles. The van der Waals surface area contributed by atoms with E-state index in [2.05, 4.69) is 29.7 Å². The minimum Gasteiger partial charge on any atom is -0.328 e. The topological polar surface area (TPSA) is 57.1 Å². The van der Waals surface area contributed by atoms with E-state index in [1.165, 1.54) is 15.5 Å². The van der Waals surface area contributed by atoms with E-state index in [4.69, 9.17) is 0 Å². The minimum atomic E-state index is -0.0621. The summed E-state index contributed by atoms with van der Waals surface area (Å²) in [5.41, 5.74) is 6.64. The summed E-state index contributed by atoms with van der Waals surface area (Å²) in [5, 5.41) is 1.50. The molecule has 2 aromatic carbocycles. The predicted octanol–water partition coefficient (Wildman–Crippen LogP) is 1.05. The molecule has 4 rings (SSSR count). The number of para-hydroxylation sites is 1. The number of carbonyl (C=O) groups is 2. The average Bonchev–Trinajstić information content (AvgIpc) is 2.75. The van der Waals surface area contributed by atoms with Crippen molar-refractivity contribution in [3.05, 3.63) is 77.5 Å². The summed E-state index contributed by atoms with van der Waals surface area (Å²) >= 11 is 0. The lowest BCUT2D eigenvalue weighted by Gasteiger charge is -2.35. The molecule has 0 radical (unpaired) electrons. The van der Waals surface area contributed by atoms with Gasteiger partial charge in [-0.2, -0.15) is 0 Å². The second kappa shape index (κ2) is 8.49. The summed E-state index contributed by atoms with van der Waals surface area (Å²) in [6.45, 7) is 6.23. The van der Waals surface area contributed by atoms with Crippen LogP contribution < -0.4 is 15.3 Å². The van der Waals surface area contributed by atoms with E-state index >= 15 is 0 Å². The first-order valence-corrected chi connectivity index (χ1v) is 10.1. The molecule has 6 nitrogen and oxygen atoms in total. The second-order valence-electron chi connectivity index (χ2n) is 7.65. The Hall–Kier alpha value is -3.12. The van der Waals surface area contributed by atoms with Gasteiger partial charge in [0.2, 0.25) is 5.91 Å². The Labute approximate surface area is 171 Å². The maximum absolute atomic E-state index is 13.0. The number of nitrogens with zero attached hydrogens (tertiary/aromatic N) is 2. The maximum Gasteiger partial charge on any atom is 0.271 e. The van der Waals surface area contributed by atoms with E-state index < -0.39 is 0 Å². The van der Waals surface area contributed by atoms with Crippen LogP contribution in [0.3, 0.4) is 0 Å². The number of anilines is 1. The Balaban J connectivity index is 1.37. The number of hydrazine groups is 1. The molecule has 0 bridgehead atoms. The van der Waals surface area contributed by atoms with Crippen LogP contribution in [-0.4, -0.2) is 42.9 Å². The summed E-state index contributed by atoms with van der Waals surface area (Å²) in [6.07, 6.45) is 1.93. The molecule has 1 fully saturated rings. The van der Waals surface area contributed by atoms with Crippen molar-refractivity contribution >= 4 is 17.5 Å². The molecule has 0 unspecified atom stereocenters. The first-order valence-electron chi connectivity index (χ1n) is 10.1. The highest BCUT2D eigenvalue weighted by atomic mass is 16.2. The number of quaternary nitrogens is 1. The van der Waals surface area contributed by atoms with Gasteiger partial charge >= 0.3 is 0 Å². The van der Waals surface area contributed by atoms with Gasteiger partial charge in [0.1, 0.15) is 12.2 Å². The van der Waals surface area contributed by atoms with E-state index in [0.717, 1.165) is 44.0 Å². The molecular weight excluding hydrogens is 364 g/mol. The number of amides is 2. The van der Waals surface area contributed by atoms with Crippen LogP contribution in [0.1, 0.15) is 17.5 Å². The van der Waals surface area contributed by atoms with Gasteiger partial charge in [-0.25, -0.2) is 5.01 Å². The Morgan fingerprint density at radius 2 is 1.72 bits per heavy atom. The van der Waals surface area contributed by atoms with Crippen LogP contribution in [0.5, 0.6) is 0 Å². The quantitative estimate of drug-likeness (QED) is 0.819. The molecule has 0 aromatic heterocycles. The van der Waals surface area contributed by atoms with Crippen LogP contribution in [0, 0.1) is 6.92 Å². The number of aryl methyl sites for hydroxylation is 1. The number of hydrogen-bond acceptors (Lipinski definition) is 3. The highest BCUT2D eigenvalue weighted by Gasteiger charge is 2.30. The molecule has 2 aliphatic rings. The first kappa shape index (κ1) is 19.2. The second-order valence-corrected chi connectivity index (χ2v) is 7.65. The van der Waals surface area contributed by atoms with E-state index in [1.807, 2.05) is 42.2 Å². The molecule has 0 atom stereocenters. The van der Waals surface area contributed by atoms with Gasteiger partial charge in [-0.1, -0.05) is 48.5 Å². The SMILES string of the molecule is Cc1ccccc1N1NC(C(=O)N2CC[NH+](Cc3ccccc3)CC2)=CCC1=O. The molecule has 29 heavy (non-hydrogen) atoms. The summed E-state index contributed by atoms with van der Waals surface area (Å²) in [5.74, 6) is -0.0946. The van der Waals surface area contributed by atoms with Gasteiger partial charge in [0.15, 0.2) is 0 Å². The molecule has 150 valence electrons. The molecule has 0 spiro atoms. The number of benzene rings is 2. The molecule has 2 aromatic rings. The van der Waals surface area contributed by atoms with Crippen LogP contribution in [0.2, 0.25) is 0 Å². The lowest BCUT2D eigenvalue weighted by molar-refractivity contribution is -0.917. The van der Waals surface area contributed by atoms with Crippen molar-refractivity contribution < 1.29 is 14.5 Å². The molecule has 2 heterocycles. The smallest absolute Gasteiger partial charge is 0.271 e.